The summed E-state index contributed by atoms with van der Waals surface area (Å²) < 4.78 is 0. The second kappa shape index (κ2) is 4.63. The minimum atomic E-state index is 0.0225. The molecule has 1 nitrogen and oxygen atoms in total. The van der Waals surface area contributed by atoms with Gasteiger partial charge in [0, 0.05) is 5.56 Å². The number of hydrogen-bond donors (Lipinski definition) is 0. The number of halogens is 1. The summed E-state index contributed by atoms with van der Waals surface area (Å²) in [5.74, 6) is 0.0225. The predicted molar refractivity (Wildman–Crippen MR) is 73.4 cm³/mol. The monoisotopic (exact) mass is 264 g/mol. The van der Waals surface area contributed by atoms with Crippen LogP contribution in [0, 0.1) is 20.8 Å². The lowest BCUT2D eigenvalue weighted by Crippen LogP contribution is -2.02. The molecule has 0 unspecified atom stereocenters. The van der Waals surface area contributed by atoms with Crippen LogP contribution >= 0.6 is 22.9 Å². The van der Waals surface area contributed by atoms with Gasteiger partial charge in [0.1, 0.15) is 0 Å². The number of carbonyl (C=O) groups excluding carboxylic acids is 1. The van der Waals surface area contributed by atoms with Crippen LogP contribution < -0.4 is 0 Å². The lowest BCUT2D eigenvalue weighted by Gasteiger charge is -2.05. The van der Waals surface area contributed by atoms with Crippen LogP contribution in [-0.2, 0) is 0 Å². The van der Waals surface area contributed by atoms with Crippen molar-refractivity contribution in [3.8, 4) is 0 Å². The zero-order chi connectivity index (χ0) is 12.6. The van der Waals surface area contributed by atoms with E-state index < -0.39 is 0 Å². The van der Waals surface area contributed by atoms with Crippen LogP contribution in [0.4, 0.5) is 0 Å². The lowest BCUT2D eigenvalue weighted by molar-refractivity contribution is 0.104. The highest BCUT2D eigenvalue weighted by Gasteiger charge is 2.18. The van der Waals surface area contributed by atoms with Gasteiger partial charge in [0.2, 0.25) is 5.78 Å². The molecule has 0 atom stereocenters. The molecule has 2 aromatic rings. The highest BCUT2D eigenvalue weighted by Crippen LogP contribution is 2.30. The summed E-state index contributed by atoms with van der Waals surface area (Å²) in [4.78, 5) is 13.0. The van der Waals surface area contributed by atoms with Crippen LogP contribution in [0.1, 0.15) is 31.9 Å². The Kier molecular flexibility index (Phi) is 3.36. The van der Waals surface area contributed by atoms with E-state index in [-0.39, 0.29) is 5.78 Å². The van der Waals surface area contributed by atoms with Crippen LogP contribution in [0.15, 0.2) is 23.6 Å². The Morgan fingerprint density at radius 3 is 2.47 bits per heavy atom. The van der Waals surface area contributed by atoms with Gasteiger partial charge in [-0.25, -0.2) is 0 Å². The van der Waals surface area contributed by atoms with E-state index in [1.54, 1.807) is 0 Å². The quantitative estimate of drug-likeness (QED) is 0.727. The molecule has 0 aliphatic carbocycles. The Labute approximate surface area is 110 Å². The van der Waals surface area contributed by atoms with Crippen molar-refractivity contribution in [3.63, 3.8) is 0 Å². The molecule has 0 aliphatic heterocycles. The molecule has 2 rings (SSSR count). The van der Waals surface area contributed by atoms with Crippen molar-refractivity contribution in [1.82, 2.24) is 0 Å². The fourth-order valence-corrected chi connectivity index (χ4v) is 2.92. The third-order valence-corrected chi connectivity index (χ3v) is 4.44. The molecule has 0 spiro atoms. The summed E-state index contributed by atoms with van der Waals surface area (Å²) >= 11 is 7.55. The SMILES string of the molecule is Cc1ccc(C)c(C(=O)c2scc(C)c2Cl)c1. The molecule has 3 heteroatoms. The summed E-state index contributed by atoms with van der Waals surface area (Å²) in [6.45, 7) is 5.84. The molecule has 1 heterocycles. The van der Waals surface area contributed by atoms with E-state index in [1.807, 2.05) is 44.4 Å². The largest absolute Gasteiger partial charge is 0.288 e. The minimum absolute atomic E-state index is 0.0225. The smallest absolute Gasteiger partial charge is 0.204 e. The van der Waals surface area contributed by atoms with Crippen molar-refractivity contribution in [2.45, 2.75) is 20.8 Å². The Morgan fingerprint density at radius 1 is 1.18 bits per heavy atom. The predicted octanol–water partition coefficient (Wildman–Crippen LogP) is 4.56. The van der Waals surface area contributed by atoms with Crippen LogP contribution in [0.5, 0.6) is 0 Å². The number of thiophene rings is 1. The molecular weight excluding hydrogens is 252 g/mol. The first kappa shape index (κ1) is 12.3. The first-order valence-electron chi connectivity index (χ1n) is 5.36. The van der Waals surface area contributed by atoms with Gasteiger partial charge in [-0.05, 0) is 43.3 Å². The molecular formula is C14H13ClOS. The Bertz CT molecular complexity index is 584. The van der Waals surface area contributed by atoms with Gasteiger partial charge in [-0.15, -0.1) is 11.3 Å². The van der Waals surface area contributed by atoms with E-state index in [4.69, 9.17) is 11.6 Å². The van der Waals surface area contributed by atoms with Gasteiger partial charge in [-0.3, -0.25) is 4.79 Å². The van der Waals surface area contributed by atoms with Gasteiger partial charge in [-0.2, -0.15) is 0 Å². The molecule has 0 amide bonds. The fraction of sp³-hybridized carbons (Fsp3) is 0.214. The first-order valence-corrected chi connectivity index (χ1v) is 6.62. The van der Waals surface area contributed by atoms with Gasteiger partial charge < -0.3 is 0 Å². The summed E-state index contributed by atoms with van der Waals surface area (Å²) in [6.07, 6.45) is 0. The zero-order valence-electron chi connectivity index (χ0n) is 10.0. The summed E-state index contributed by atoms with van der Waals surface area (Å²) in [6, 6.07) is 5.90. The summed E-state index contributed by atoms with van der Waals surface area (Å²) in [5.41, 5.74) is 3.78. The third-order valence-electron chi connectivity index (χ3n) is 2.74. The summed E-state index contributed by atoms with van der Waals surface area (Å²) in [5, 5.41) is 2.50. The molecule has 0 radical (unpaired) electrons. The first-order chi connectivity index (χ1) is 8.00. The maximum atomic E-state index is 12.4. The van der Waals surface area contributed by atoms with Crippen molar-refractivity contribution in [3.05, 3.63) is 55.7 Å². The standard InChI is InChI=1S/C14H13ClOS/c1-8-4-5-9(2)11(6-8)13(16)14-12(15)10(3)7-17-14/h4-7H,1-3H3. The van der Waals surface area contributed by atoms with Gasteiger partial charge >= 0.3 is 0 Å². The molecule has 0 saturated heterocycles. The molecule has 1 aromatic heterocycles. The molecule has 1 aromatic carbocycles. The van der Waals surface area contributed by atoms with E-state index in [0.29, 0.717) is 9.90 Å². The van der Waals surface area contributed by atoms with E-state index >= 15 is 0 Å². The van der Waals surface area contributed by atoms with Crippen molar-refractivity contribution < 1.29 is 4.79 Å². The highest BCUT2D eigenvalue weighted by molar-refractivity contribution is 7.13. The molecule has 17 heavy (non-hydrogen) atoms. The number of aryl methyl sites for hydroxylation is 3. The molecule has 88 valence electrons. The van der Waals surface area contributed by atoms with Crippen molar-refractivity contribution in [2.24, 2.45) is 0 Å². The number of carbonyl (C=O) groups is 1. The normalized spacial score (nSPS) is 10.6. The van der Waals surface area contributed by atoms with Crippen LogP contribution in [0.3, 0.4) is 0 Å². The Hall–Kier alpha value is -1.12. The Balaban J connectivity index is 2.51. The molecule has 0 fully saturated rings. The number of ketones is 1. The van der Waals surface area contributed by atoms with Gasteiger partial charge in [-0.1, -0.05) is 29.3 Å². The van der Waals surface area contributed by atoms with Crippen molar-refractivity contribution in [1.29, 1.82) is 0 Å². The van der Waals surface area contributed by atoms with Gasteiger partial charge in [0.25, 0.3) is 0 Å². The fourth-order valence-electron chi connectivity index (χ4n) is 1.69. The molecule has 0 N–H and O–H groups in total. The van der Waals surface area contributed by atoms with Crippen molar-refractivity contribution >= 4 is 28.7 Å². The maximum Gasteiger partial charge on any atom is 0.204 e. The van der Waals surface area contributed by atoms with E-state index in [1.165, 1.54) is 11.3 Å². The molecule has 0 bridgehead atoms. The average Bonchev–Trinajstić information content (AvgIpc) is 2.62. The van der Waals surface area contributed by atoms with Crippen LogP contribution in [0.2, 0.25) is 5.02 Å². The topological polar surface area (TPSA) is 17.1 Å². The summed E-state index contributed by atoms with van der Waals surface area (Å²) in [7, 11) is 0. The minimum Gasteiger partial charge on any atom is -0.288 e. The van der Waals surface area contributed by atoms with E-state index in [0.717, 1.165) is 22.3 Å². The Morgan fingerprint density at radius 2 is 1.88 bits per heavy atom. The van der Waals surface area contributed by atoms with Crippen molar-refractivity contribution in [2.75, 3.05) is 0 Å². The number of hydrogen-bond acceptors (Lipinski definition) is 2. The number of rotatable bonds is 2. The molecule has 0 saturated carbocycles. The van der Waals surface area contributed by atoms with Crippen LogP contribution in [-0.4, -0.2) is 5.78 Å². The second-order valence-electron chi connectivity index (χ2n) is 4.21. The van der Waals surface area contributed by atoms with Gasteiger partial charge in [0.05, 0.1) is 9.90 Å². The maximum absolute atomic E-state index is 12.4. The number of benzene rings is 1. The third kappa shape index (κ3) is 2.28. The van der Waals surface area contributed by atoms with E-state index in [9.17, 15) is 4.79 Å². The highest BCUT2D eigenvalue weighted by atomic mass is 35.5. The van der Waals surface area contributed by atoms with Crippen LogP contribution in [0.25, 0.3) is 0 Å². The van der Waals surface area contributed by atoms with E-state index in [2.05, 4.69) is 0 Å². The average molecular weight is 265 g/mol. The lowest BCUT2D eigenvalue weighted by atomic mass is 10.0. The molecule has 0 aliphatic rings. The second-order valence-corrected chi connectivity index (χ2v) is 5.47. The zero-order valence-corrected chi connectivity index (χ0v) is 11.6. The van der Waals surface area contributed by atoms with Gasteiger partial charge in [0.15, 0.2) is 0 Å².